The molecule has 1 aliphatic heterocycles. The molecule has 6 nitrogen and oxygen atoms in total. The Morgan fingerprint density at radius 2 is 1.93 bits per heavy atom. The number of benzene rings is 2. The first-order chi connectivity index (χ1) is 13.6. The van der Waals surface area contributed by atoms with Gasteiger partial charge in [0.1, 0.15) is 11.6 Å². The number of amides is 1. The summed E-state index contributed by atoms with van der Waals surface area (Å²) in [7, 11) is 1.32. The van der Waals surface area contributed by atoms with E-state index in [-0.39, 0.29) is 5.91 Å². The zero-order valence-corrected chi connectivity index (χ0v) is 15.4. The van der Waals surface area contributed by atoms with Gasteiger partial charge in [-0.3, -0.25) is 4.79 Å². The molecule has 0 spiro atoms. The molecule has 28 heavy (non-hydrogen) atoms. The Hall–Kier alpha value is -3.41. The second-order valence-corrected chi connectivity index (χ2v) is 6.75. The van der Waals surface area contributed by atoms with Crippen LogP contribution in [0.2, 0.25) is 0 Å². The van der Waals surface area contributed by atoms with Crippen molar-refractivity contribution < 1.29 is 18.7 Å². The molecule has 1 fully saturated rings. The molecule has 3 aromatic rings. The summed E-state index contributed by atoms with van der Waals surface area (Å²) in [6.45, 7) is 0.501. The van der Waals surface area contributed by atoms with Crippen LogP contribution >= 0.6 is 0 Å². The summed E-state index contributed by atoms with van der Waals surface area (Å²) in [6.07, 6.45) is 1.34. The number of nitrogens with zero attached hydrogens (tertiary/aromatic N) is 1. The average Bonchev–Trinajstić information content (AvgIpc) is 3.22. The van der Waals surface area contributed by atoms with Gasteiger partial charge in [-0.25, -0.2) is 9.59 Å². The third-order valence-electron chi connectivity index (χ3n) is 5.05. The highest BCUT2D eigenvalue weighted by molar-refractivity contribution is 5.98. The van der Waals surface area contributed by atoms with Crippen molar-refractivity contribution in [3.8, 4) is 11.1 Å². The van der Waals surface area contributed by atoms with Gasteiger partial charge in [-0.15, -0.1) is 0 Å². The molecule has 6 heteroatoms. The molecular weight excluding hydrogens is 358 g/mol. The minimum atomic E-state index is -0.563. The number of esters is 1. The summed E-state index contributed by atoms with van der Waals surface area (Å²) < 4.78 is 10.2. The van der Waals surface area contributed by atoms with Gasteiger partial charge in [-0.1, -0.05) is 30.3 Å². The zero-order valence-electron chi connectivity index (χ0n) is 15.4. The molecule has 0 saturated carbocycles. The second-order valence-electron chi connectivity index (χ2n) is 6.75. The molecule has 0 aliphatic carbocycles. The number of methoxy groups -OCH3 is 1. The third kappa shape index (κ3) is 3.17. The zero-order chi connectivity index (χ0) is 19.7. The topological polar surface area (TPSA) is 76.8 Å². The smallest absolute Gasteiger partial charge is 0.344 e. The van der Waals surface area contributed by atoms with Crippen LogP contribution in [0.25, 0.3) is 22.1 Å². The van der Waals surface area contributed by atoms with Crippen LogP contribution in [-0.4, -0.2) is 36.5 Å². The fourth-order valence-electron chi connectivity index (χ4n) is 3.64. The van der Waals surface area contributed by atoms with Crippen LogP contribution in [0, 0.1) is 0 Å². The van der Waals surface area contributed by atoms with Crippen LogP contribution in [0.4, 0.5) is 0 Å². The van der Waals surface area contributed by atoms with Crippen molar-refractivity contribution in [1.29, 1.82) is 0 Å². The lowest BCUT2D eigenvalue weighted by atomic mass is 10.0. The number of para-hydroxylation sites is 1. The Bertz CT molecular complexity index is 1120. The van der Waals surface area contributed by atoms with Crippen LogP contribution < -0.4 is 5.63 Å². The van der Waals surface area contributed by atoms with E-state index in [2.05, 4.69) is 0 Å². The van der Waals surface area contributed by atoms with Crippen LogP contribution in [-0.2, 0) is 9.53 Å². The molecule has 4 rings (SSSR count). The summed E-state index contributed by atoms with van der Waals surface area (Å²) in [5, 5.41) is 0.805. The first-order valence-electron chi connectivity index (χ1n) is 9.10. The second kappa shape index (κ2) is 7.31. The Morgan fingerprint density at radius 3 is 2.75 bits per heavy atom. The number of hydrogen-bond acceptors (Lipinski definition) is 5. The quantitative estimate of drug-likeness (QED) is 0.517. The minimum Gasteiger partial charge on any atom is -0.467 e. The van der Waals surface area contributed by atoms with Gasteiger partial charge in [0.15, 0.2) is 0 Å². The summed E-state index contributed by atoms with van der Waals surface area (Å²) >= 11 is 0. The van der Waals surface area contributed by atoms with Gasteiger partial charge in [0, 0.05) is 17.5 Å². The number of rotatable bonds is 3. The third-order valence-corrected chi connectivity index (χ3v) is 5.05. The molecule has 1 saturated heterocycles. The molecule has 142 valence electrons. The predicted octanol–water partition coefficient (Wildman–Crippen LogP) is 3.24. The number of ether oxygens (including phenoxy) is 1. The summed E-state index contributed by atoms with van der Waals surface area (Å²) in [4.78, 5) is 38.9. The van der Waals surface area contributed by atoms with Crippen molar-refractivity contribution >= 4 is 22.8 Å². The highest BCUT2D eigenvalue weighted by atomic mass is 16.5. The molecular formula is C22H19NO5. The molecule has 1 amide bonds. The molecule has 2 heterocycles. The normalized spacial score (nSPS) is 16.3. The van der Waals surface area contributed by atoms with E-state index in [0.717, 1.165) is 11.8 Å². The Kier molecular flexibility index (Phi) is 4.69. The SMILES string of the molecule is COC(=O)[C@@H]1CCCN1C(=O)c1cccc(-c2cc3ccccc3oc2=O)c1. The fourth-order valence-corrected chi connectivity index (χ4v) is 3.64. The van der Waals surface area contributed by atoms with Crippen molar-refractivity contribution in [1.82, 2.24) is 4.90 Å². The Morgan fingerprint density at radius 1 is 1.11 bits per heavy atom. The van der Waals surface area contributed by atoms with Crippen LogP contribution in [0.3, 0.4) is 0 Å². The van der Waals surface area contributed by atoms with Gasteiger partial charge in [-0.05, 0) is 42.7 Å². The van der Waals surface area contributed by atoms with Crippen molar-refractivity contribution in [3.63, 3.8) is 0 Å². The molecule has 1 aliphatic rings. The molecule has 1 atom stereocenters. The summed E-state index contributed by atoms with van der Waals surface area (Å²) in [5.74, 6) is -0.655. The predicted molar refractivity (Wildman–Crippen MR) is 104 cm³/mol. The molecule has 0 radical (unpaired) electrons. The molecule has 2 aromatic carbocycles. The maximum absolute atomic E-state index is 13.0. The van der Waals surface area contributed by atoms with Crippen molar-refractivity contribution in [2.45, 2.75) is 18.9 Å². The number of fused-ring (bicyclic) bond motifs is 1. The molecule has 0 bridgehead atoms. The maximum atomic E-state index is 13.0. The van der Waals surface area contributed by atoms with E-state index < -0.39 is 17.6 Å². The van der Waals surface area contributed by atoms with Crippen LogP contribution in [0.15, 0.2) is 63.8 Å². The van der Waals surface area contributed by atoms with E-state index >= 15 is 0 Å². The van der Waals surface area contributed by atoms with Crippen LogP contribution in [0.1, 0.15) is 23.2 Å². The highest BCUT2D eigenvalue weighted by Gasteiger charge is 2.35. The van der Waals surface area contributed by atoms with E-state index in [9.17, 15) is 14.4 Å². The van der Waals surface area contributed by atoms with Gasteiger partial charge in [0.2, 0.25) is 0 Å². The molecule has 0 unspecified atom stereocenters. The van der Waals surface area contributed by atoms with Gasteiger partial charge >= 0.3 is 11.6 Å². The Labute approximate surface area is 161 Å². The van der Waals surface area contributed by atoms with Gasteiger partial charge in [0.25, 0.3) is 5.91 Å². The lowest BCUT2D eigenvalue weighted by Gasteiger charge is -2.22. The average molecular weight is 377 g/mol. The van der Waals surface area contributed by atoms with E-state index in [1.165, 1.54) is 12.0 Å². The monoisotopic (exact) mass is 377 g/mol. The fraction of sp³-hybridized carbons (Fsp3) is 0.227. The van der Waals surface area contributed by atoms with Gasteiger partial charge in [0.05, 0.1) is 12.7 Å². The number of likely N-dealkylation sites (tertiary alicyclic amines) is 1. The van der Waals surface area contributed by atoms with E-state index in [1.807, 2.05) is 12.1 Å². The lowest BCUT2D eigenvalue weighted by molar-refractivity contribution is -0.145. The van der Waals surface area contributed by atoms with E-state index in [0.29, 0.717) is 35.2 Å². The molecule has 0 N–H and O–H groups in total. The first kappa shape index (κ1) is 18.0. The van der Waals surface area contributed by atoms with Crippen molar-refractivity contribution in [3.05, 3.63) is 70.6 Å². The van der Waals surface area contributed by atoms with E-state index in [4.69, 9.17) is 9.15 Å². The summed E-state index contributed by atoms with van der Waals surface area (Å²) in [6, 6.07) is 15.3. The maximum Gasteiger partial charge on any atom is 0.344 e. The number of carbonyl (C=O) groups is 2. The Balaban J connectivity index is 1.70. The van der Waals surface area contributed by atoms with E-state index in [1.54, 1.807) is 42.5 Å². The van der Waals surface area contributed by atoms with Gasteiger partial charge < -0.3 is 14.1 Å². The number of hydrogen-bond donors (Lipinski definition) is 0. The van der Waals surface area contributed by atoms with Crippen molar-refractivity contribution in [2.24, 2.45) is 0 Å². The number of carbonyl (C=O) groups excluding carboxylic acids is 2. The van der Waals surface area contributed by atoms with Crippen molar-refractivity contribution in [2.75, 3.05) is 13.7 Å². The first-order valence-corrected chi connectivity index (χ1v) is 9.10. The summed E-state index contributed by atoms with van der Waals surface area (Å²) in [5.41, 5.74) is 1.46. The largest absolute Gasteiger partial charge is 0.467 e. The van der Waals surface area contributed by atoms with Gasteiger partial charge in [-0.2, -0.15) is 0 Å². The molecule has 1 aromatic heterocycles. The minimum absolute atomic E-state index is 0.250. The highest BCUT2D eigenvalue weighted by Crippen LogP contribution is 2.25. The lowest BCUT2D eigenvalue weighted by Crippen LogP contribution is -2.41. The van der Waals surface area contributed by atoms with Crippen LogP contribution in [0.5, 0.6) is 0 Å². The standard InChI is InChI=1S/C22H19NO5/c1-27-22(26)18-9-5-11-23(18)20(24)16-8-4-7-14(12-16)17-13-15-6-2-3-10-19(15)28-21(17)25/h2-4,6-8,10,12-13,18H,5,9,11H2,1H3/t18-/m0/s1.